The number of hydrogen-bond donors (Lipinski definition) is 2. The molecule has 0 radical (unpaired) electrons. The number of rotatable bonds is 6. The molecule has 158 valence electrons. The van der Waals surface area contributed by atoms with Crippen LogP contribution in [0.25, 0.3) is 11.8 Å². The maximum atomic E-state index is 12.8. The van der Waals surface area contributed by atoms with E-state index >= 15 is 0 Å². The molecule has 1 heterocycles. The van der Waals surface area contributed by atoms with E-state index in [0.29, 0.717) is 5.69 Å². The number of hydrazone groups is 1. The molecule has 0 fully saturated rings. The molecule has 2 N–H and O–H groups in total. The number of aromatic nitrogens is 2. The third-order valence-corrected chi connectivity index (χ3v) is 4.71. The highest BCUT2D eigenvalue weighted by molar-refractivity contribution is 7.80. The van der Waals surface area contributed by atoms with Crippen LogP contribution in [0.2, 0.25) is 0 Å². The minimum Gasteiger partial charge on any atom is -0.325 e. The number of hydrogen-bond acceptors (Lipinski definition) is 5. The highest BCUT2D eigenvalue weighted by Crippen LogP contribution is 2.14. The number of non-ortho nitro benzene ring substituents is 1. The fourth-order valence-electron chi connectivity index (χ4n) is 2.85. The van der Waals surface area contributed by atoms with Crippen LogP contribution >= 0.6 is 12.2 Å². The minimum atomic E-state index is -0.449. The molecule has 0 amide bonds. The van der Waals surface area contributed by atoms with Gasteiger partial charge in [-0.3, -0.25) is 25.0 Å². The van der Waals surface area contributed by atoms with E-state index in [2.05, 4.69) is 15.8 Å². The van der Waals surface area contributed by atoms with E-state index in [1.165, 1.54) is 18.3 Å². The Morgan fingerprint density at radius 2 is 1.84 bits per heavy atom. The lowest BCUT2D eigenvalue weighted by molar-refractivity contribution is -0.384. The monoisotopic (exact) mass is 436 g/mol. The van der Waals surface area contributed by atoms with Gasteiger partial charge in [0.05, 0.1) is 16.3 Å². The lowest BCUT2D eigenvalue weighted by Gasteiger charge is -2.07. The Labute approximate surface area is 183 Å². The van der Waals surface area contributed by atoms with Gasteiger partial charge in [0.2, 0.25) is 0 Å². The number of allylic oxidation sites excluding steroid dienone is 1. The van der Waals surface area contributed by atoms with Crippen LogP contribution in [-0.4, -0.2) is 25.6 Å². The van der Waals surface area contributed by atoms with Crippen molar-refractivity contribution < 1.29 is 4.92 Å². The molecule has 0 bridgehead atoms. The first kappa shape index (κ1) is 21.7. The number of benzene rings is 2. The van der Waals surface area contributed by atoms with Crippen LogP contribution in [0.3, 0.4) is 0 Å². The summed E-state index contributed by atoms with van der Waals surface area (Å²) in [5, 5.41) is 17.7. The minimum absolute atomic E-state index is 0.0337. The number of thiocarbonyl (C=S) groups is 1. The third-order valence-electron chi connectivity index (χ3n) is 4.51. The molecule has 3 aromatic rings. The Morgan fingerprint density at radius 1 is 1.16 bits per heavy atom. The van der Waals surface area contributed by atoms with E-state index < -0.39 is 4.92 Å². The summed E-state index contributed by atoms with van der Waals surface area (Å²) in [5.74, 6) is 0. The van der Waals surface area contributed by atoms with E-state index in [-0.39, 0.29) is 16.4 Å². The molecular weight excluding hydrogens is 416 g/mol. The summed E-state index contributed by atoms with van der Waals surface area (Å²) in [6, 6.07) is 15.4. The number of nitro groups is 1. The summed E-state index contributed by atoms with van der Waals surface area (Å²) < 4.78 is 3.30. The molecule has 3 rings (SSSR count). The summed E-state index contributed by atoms with van der Waals surface area (Å²) in [4.78, 5) is 23.1. The lowest BCUT2D eigenvalue weighted by Crippen LogP contribution is -2.28. The van der Waals surface area contributed by atoms with Crippen LogP contribution in [0.15, 0.2) is 70.6 Å². The van der Waals surface area contributed by atoms with Gasteiger partial charge >= 0.3 is 0 Å². The zero-order valence-corrected chi connectivity index (χ0v) is 17.7. The SMILES string of the molecule is Cc1c(NC(=S)N/N=C\C=C\c2ccc([N+](=O)[O-])cc2)c(=O)n(-c2ccccc2)n1C. The molecule has 0 aliphatic heterocycles. The maximum absolute atomic E-state index is 12.8. The summed E-state index contributed by atoms with van der Waals surface area (Å²) in [6.07, 6.45) is 4.88. The van der Waals surface area contributed by atoms with Gasteiger partial charge in [0, 0.05) is 25.4 Å². The van der Waals surface area contributed by atoms with Gasteiger partial charge in [0.25, 0.3) is 11.2 Å². The van der Waals surface area contributed by atoms with Crippen molar-refractivity contribution in [3.63, 3.8) is 0 Å². The van der Waals surface area contributed by atoms with Gasteiger partial charge in [-0.15, -0.1) is 0 Å². The van der Waals surface area contributed by atoms with Gasteiger partial charge in [-0.05, 0) is 55.0 Å². The Bertz CT molecular complexity index is 1210. The topological polar surface area (TPSA) is 106 Å². The standard InChI is InChI=1S/C21H20N6O3S/c1-15-19(20(28)26(25(15)2)17-8-4-3-5-9-17)23-21(31)24-22-14-6-7-16-10-12-18(13-11-16)27(29)30/h3-14H,1-2H3,(H2,23,24,31)/b7-6+,22-14-. The van der Waals surface area contributed by atoms with Crippen molar-refractivity contribution in [1.82, 2.24) is 14.8 Å². The van der Waals surface area contributed by atoms with E-state index in [4.69, 9.17) is 12.2 Å². The Hall–Kier alpha value is -4.05. The highest BCUT2D eigenvalue weighted by Gasteiger charge is 2.16. The predicted molar refractivity (Wildman–Crippen MR) is 126 cm³/mol. The molecule has 0 aliphatic rings. The molecule has 0 aliphatic carbocycles. The van der Waals surface area contributed by atoms with Gasteiger partial charge < -0.3 is 5.32 Å². The Kier molecular flexibility index (Phi) is 6.73. The molecule has 0 unspecified atom stereocenters. The second-order valence-corrected chi connectivity index (χ2v) is 6.90. The van der Waals surface area contributed by atoms with Gasteiger partial charge in [0.15, 0.2) is 5.11 Å². The molecule has 2 aromatic carbocycles. The predicted octanol–water partition coefficient (Wildman–Crippen LogP) is 3.38. The van der Waals surface area contributed by atoms with Gasteiger partial charge in [0.1, 0.15) is 5.69 Å². The first-order valence-electron chi connectivity index (χ1n) is 9.23. The van der Waals surface area contributed by atoms with Crippen LogP contribution < -0.4 is 16.3 Å². The first-order chi connectivity index (χ1) is 14.9. The smallest absolute Gasteiger partial charge is 0.295 e. The van der Waals surface area contributed by atoms with Gasteiger partial charge in [-0.25, -0.2) is 4.68 Å². The van der Waals surface area contributed by atoms with Crippen molar-refractivity contribution in [2.45, 2.75) is 6.92 Å². The van der Waals surface area contributed by atoms with Gasteiger partial charge in [-0.2, -0.15) is 5.10 Å². The average molecular weight is 436 g/mol. The number of nitrogens with zero attached hydrogens (tertiary/aromatic N) is 4. The quantitative estimate of drug-likeness (QED) is 0.266. The van der Waals surface area contributed by atoms with E-state index in [9.17, 15) is 14.9 Å². The normalized spacial score (nSPS) is 11.2. The Balaban J connectivity index is 1.62. The average Bonchev–Trinajstić information content (AvgIpc) is 2.97. The molecule has 0 saturated heterocycles. The van der Waals surface area contributed by atoms with Crippen LogP contribution in [0.1, 0.15) is 11.3 Å². The first-order valence-corrected chi connectivity index (χ1v) is 9.64. The summed E-state index contributed by atoms with van der Waals surface area (Å²) in [7, 11) is 1.80. The summed E-state index contributed by atoms with van der Waals surface area (Å²) in [5.41, 5.74) is 5.09. The fraction of sp³-hybridized carbons (Fsp3) is 0.0952. The van der Waals surface area contributed by atoms with Crippen molar-refractivity contribution in [3.05, 3.63) is 92.4 Å². The maximum Gasteiger partial charge on any atom is 0.295 e. The lowest BCUT2D eigenvalue weighted by atomic mass is 10.2. The molecular formula is C21H20N6O3S. The number of anilines is 1. The molecule has 0 spiro atoms. The van der Waals surface area contributed by atoms with Crippen molar-refractivity contribution in [3.8, 4) is 5.69 Å². The van der Waals surface area contributed by atoms with Gasteiger partial charge in [-0.1, -0.05) is 24.3 Å². The molecule has 0 atom stereocenters. The highest BCUT2D eigenvalue weighted by atomic mass is 32.1. The second-order valence-electron chi connectivity index (χ2n) is 6.49. The summed E-state index contributed by atoms with van der Waals surface area (Å²) >= 11 is 5.22. The molecule has 9 nitrogen and oxygen atoms in total. The fourth-order valence-corrected chi connectivity index (χ4v) is 3.01. The van der Waals surface area contributed by atoms with Crippen molar-refractivity contribution in [2.24, 2.45) is 12.1 Å². The van der Waals surface area contributed by atoms with Crippen LogP contribution in [0.4, 0.5) is 11.4 Å². The van der Waals surface area contributed by atoms with E-state index in [0.717, 1.165) is 16.9 Å². The summed E-state index contributed by atoms with van der Waals surface area (Å²) in [6.45, 7) is 1.82. The molecule has 10 heteroatoms. The zero-order valence-electron chi connectivity index (χ0n) is 16.9. The molecule has 1 aromatic heterocycles. The molecule has 31 heavy (non-hydrogen) atoms. The van der Waals surface area contributed by atoms with Crippen molar-refractivity contribution in [2.75, 3.05) is 5.32 Å². The van der Waals surface area contributed by atoms with Crippen LogP contribution in [-0.2, 0) is 7.05 Å². The largest absolute Gasteiger partial charge is 0.325 e. The Morgan fingerprint density at radius 3 is 2.48 bits per heavy atom. The number of nitro benzene ring substituents is 1. The van der Waals surface area contributed by atoms with Crippen molar-refractivity contribution >= 4 is 41.0 Å². The third kappa shape index (κ3) is 5.11. The van der Waals surface area contributed by atoms with E-state index in [1.54, 1.807) is 40.7 Å². The molecule has 0 saturated carbocycles. The van der Waals surface area contributed by atoms with Crippen LogP contribution in [0.5, 0.6) is 0 Å². The van der Waals surface area contributed by atoms with E-state index in [1.807, 2.05) is 37.3 Å². The zero-order chi connectivity index (χ0) is 22.4. The second kappa shape index (κ2) is 9.63. The van der Waals surface area contributed by atoms with Crippen LogP contribution in [0, 0.1) is 17.0 Å². The number of para-hydroxylation sites is 1. The van der Waals surface area contributed by atoms with Crippen molar-refractivity contribution in [1.29, 1.82) is 0 Å². The number of nitrogens with one attached hydrogen (secondary N) is 2.